The first-order valence-corrected chi connectivity index (χ1v) is 14.6. The molecule has 186 valence electrons. The summed E-state index contributed by atoms with van der Waals surface area (Å²) in [4.78, 5) is 11.7. The minimum absolute atomic E-state index is 0.0592. The highest BCUT2D eigenvalue weighted by Crippen LogP contribution is 2.37. The lowest BCUT2D eigenvalue weighted by Crippen LogP contribution is -2.66. The average molecular weight is 509 g/mol. The minimum atomic E-state index is -2.58. The zero-order valence-electron chi connectivity index (χ0n) is 21.3. The van der Waals surface area contributed by atoms with Crippen LogP contribution >= 0.6 is 11.6 Å². The lowest BCUT2D eigenvalue weighted by atomic mass is 9.91. The molecule has 0 saturated heterocycles. The third-order valence-corrected chi connectivity index (χ3v) is 12.0. The number of esters is 1. The second-order valence-electron chi connectivity index (χ2n) is 10.0. The molecular formula is C30H37ClO3Si. The summed E-state index contributed by atoms with van der Waals surface area (Å²) in [6.07, 6.45) is 2.96. The maximum atomic E-state index is 11.7. The summed E-state index contributed by atoms with van der Waals surface area (Å²) in [5.74, 6) is 0.110. The van der Waals surface area contributed by atoms with Crippen LogP contribution < -0.4 is 10.4 Å². The largest absolute Gasteiger partial charge is 0.469 e. The third kappa shape index (κ3) is 6.84. The summed E-state index contributed by atoms with van der Waals surface area (Å²) in [5.41, 5.74) is 1.23. The van der Waals surface area contributed by atoms with E-state index in [2.05, 4.69) is 93.6 Å². The molecule has 35 heavy (non-hydrogen) atoms. The molecule has 0 aliphatic heterocycles. The molecule has 0 heterocycles. The Kier molecular flexibility index (Phi) is 9.73. The van der Waals surface area contributed by atoms with Gasteiger partial charge in [-0.25, -0.2) is 0 Å². The lowest BCUT2D eigenvalue weighted by Gasteiger charge is -2.43. The van der Waals surface area contributed by atoms with Crippen molar-refractivity contribution in [2.75, 3.05) is 13.7 Å². The fourth-order valence-corrected chi connectivity index (χ4v) is 9.63. The smallest absolute Gasteiger partial charge is 0.305 e. The summed E-state index contributed by atoms with van der Waals surface area (Å²) >= 11 is 6.15. The van der Waals surface area contributed by atoms with E-state index >= 15 is 0 Å². The van der Waals surface area contributed by atoms with Gasteiger partial charge >= 0.3 is 5.97 Å². The van der Waals surface area contributed by atoms with Crippen molar-refractivity contribution < 1.29 is 14.0 Å². The van der Waals surface area contributed by atoms with Crippen molar-refractivity contribution >= 4 is 36.3 Å². The maximum absolute atomic E-state index is 11.7. The van der Waals surface area contributed by atoms with Crippen molar-refractivity contribution in [3.63, 3.8) is 0 Å². The number of carbonyl (C=O) groups excluding carboxylic acids is 1. The molecule has 0 amide bonds. The van der Waals surface area contributed by atoms with E-state index in [1.54, 1.807) is 0 Å². The molecule has 1 atom stereocenters. The zero-order valence-corrected chi connectivity index (χ0v) is 23.1. The highest BCUT2D eigenvalue weighted by atomic mass is 35.5. The number of halogens is 1. The van der Waals surface area contributed by atoms with Crippen molar-refractivity contribution in [1.29, 1.82) is 0 Å². The molecule has 0 aliphatic carbocycles. The van der Waals surface area contributed by atoms with Crippen LogP contribution in [0.3, 0.4) is 0 Å². The van der Waals surface area contributed by atoms with Crippen LogP contribution in [0.5, 0.6) is 0 Å². The van der Waals surface area contributed by atoms with E-state index < -0.39 is 8.32 Å². The lowest BCUT2D eigenvalue weighted by molar-refractivity contribution is -0.140. The van der Waals surface area contributed by atoms with Crippen molar-refractivity contribution in [2.24, 2.45) is 0 Å². The highest BCUT2D eigenvalue weighted by molar-refractivity contribution is 6.99. The second kappa shape index (κ2) is 12.5. The fourth-order valence-electron chi connectivity index (χ4n) is 4.92. The number of carbonyl (C=O) groups is 1. The van der Waals surface area contributed by atoms with Crippen LogP contribution in [0.2, 0.25) is 10.1 Å². The first kappa shape index (κ1) is 27.2. The minimum Gasteiger partial charge on any atom is -0.469 e. The van der Waals surface area contributed by atoms with Gasteiger partial charge in [0.2, 0.25) is 0 Å². The highest BCUT2D eigenvalue weighted by Gasteiger charge is 2.50. The van der Waals surface area contributed by atoms with E-state index in [9.17, 15) is 4.79 Å². The predicted molar refractivity (Wildman–Crippen MR) is 148 cm³/mol. The van der Waals surface area contributed by atoms with Gasteiger partial charge in [0.15, 0.2) is 0 Å². The van der Waals surface area contributed by atoms with Gasteiger partial charge in [-0.2, -0.15) is 0 Å². The van der Waals surface area contributed by atoms with E-state index in [-0.39, 0.29) is 16.9 Å². The molecule has 0 aromatic heterocycles. The monoisotopic (exact) mass is 508 g/mol. The molecule has 0 unspecified atom stereocenters. The summed E-state index contributed by atoms with van der Waals surface area (Å²) < 4.78 is 12.0. The first-order chi connectivity index (χ1) is 16.8. The Balaban J connectivity index is 1.88. The van der Waals surface area contributed by atoms with E-state index in [1.807, 2.05) is 12.1 Å². The maximum Gasteiger partial charge on any atom is 0.305 e. The van der Waals surface area contributed by atoms with Gasteiger partial charge in [-0.1, -0.05) is 105 Å². The molecule has 3 aromatic carbocycles. The Bertz CT molecular complexity index is 1010. The van der Waals surface area contributed by atoms with E-state index in [1.165, 1.54) is 23.0 Å². The third-order valence-electron chi connectivity index (χ3n) is 6.70. The van der Waals surface area contributed by atoms with Gasteiger partial charge in [-0.3, -0.25) is 4.79 Å². The van der Waals surface area contributed by atoms with Gasteiger partial charge in [0.05, 0.1) is 7.11 Å². The predicted octanol–water partition coefficient (Wildman–Crippen LogP) is 6.73. The molecule has 0 saturated carbocycles. The van der Waals surface area contributed by atoms with Gasteiger partial charge in [0.1, 0.15) is 0 Å². The fraction of sp³-hybridized carbons (Fsp3) is 0.367. The molecule has 0 radical (unpaired) electrons. The van der Waals surface area contributed by atoms with E-state index in [0.29, 0.717) is 13.0 Å². The average Bonchev–Trinajstić information content (AvgIpc) is 2.86. The quantitative estimate of drug-likeness (QED) is 0.212. The molecule has 0 fully saturated rings. The molecule has 3 aromatic rings. The van der Waals surface area contributed by atoms with Crippen molar-refractivity contribution in [1.82, 2.24) is 0 Å². The number of ether oxygens (including phenoxy) is 1. The Hall–Kier alpha value is -2.40. The van der Waals surface area contributed by atoms with Gasteiger partial charge in [0, 0.05) is 18.1 Å². The van der Waals surface area contributed by atoms with Gasteiger partial charge in [-0.15, -0.1) is 0 Å². The molecular weight excluding hydrogens is 472 g/mol. The first-order valence-electron chi connectivity index (χ1n) is 12.3. The standard InChI is InChI=1S/C30H37ClO3Si/c1-30(2,3)35(27-13-7-5-8-14-27,28-15-9-6-10-16-28)34-23-22-24(12-11-17-29(32)33-4)25-18-20-26(31)21-19-25/h5-10,13-16,18-21,24H,11-12,17,22-23H2,1-4H3/t24-/m1/s1. The number of rotatable bonds is 11. The normalized spacial score (nSPS) is 12.8. The number of benzene rings is 3. The van der Waals surface area contributed by atoms with Crippen LogP contribution in [0.25, 0.3) is 0 Å². The van der Waals surface area contributed by atoms with Crippen LogP contribution in [0.1, 0.15) is 57.9 Å². The summed E-state index contributed by atoms with van der Waals surface area (Å²) in [6, 6.07) is 29.5. The van der Waals surface area contributed by atoms with Crippen LogP contribution in [0, 0.1) is 0 Å². The van der Waals surface area contributed by atoms with Gasteiger partial charge in [-0.05, 0) is 58.3 Å². The van der Waals surface area contributed by atoms with Crippen LogP contribution in [0.15, 0.2) is 84.9 Å². The molecule has 0 spiro atoms. The van der Waals surface area contributed by atoms with Crippen molar-refractivity contribution in [3.8, 4) is 0 Å². The molecule has 0 bridgehead atoms. The summed E-state index contributed by atoms with van der Waals surface area (Å²) in [5, 5.41) is 3.24. The van der Waals surface area contributed by atoms with E-state index in [4.69, 9.17) is 20.8 Å². The molecule has 3 rings (SSSR count). The Morgan fingerprint density at radius 3 is 1.89 bits per heavy atom. The Morgan fingerprint density at radius 2 is 1.40 bits per heavy atom. The summed E-state index contributed by atoms with van der Waals surface area (Å²) in [7, 11) is -1.13. The second-order valence-corrected chi connectivity index (χ2v) is 14.8. The zero-order chi connectivity index (χ0) is 25.3. The Labute approximate surface area is 216 Å². The van der Waals surface area contributed by atoms with Crippen LogP contribution in [-0.4, -0.2) is 28.0 Å². The van der Waals surface area contributed by atoms with Crippen molar-refractivity contribution in [2.45, 2.75) is 57.4 Å². The molecule has 3 nitrogen and oxygen atoms in total. The molecule has 0 aliphatic rings. The number of hydrogen-bond donors (Lipinski definition) is 0. The Morgan fingerprint density at radius 1 is 0.857 bits per heavy atom. The molecule has 0 N–H and O–H groups in total. The SMILES string of the molecule is COC(=O)CCC[C@H](CCO[Si](c1ccccc1)(c1ccccc1)C(C)(C)C)c1ccc(Cl)cc1. The van der Waals surface area contributed by atoms with Gasteiger partial charge < -0.3 is 9.16 Å². The van der Waals surface area contributed by atoms with E-state index in [0.717, 1.165) is 24.3 Å². The molecule has 5 heteroatoms. The number of methoxy groups -OCH3 is 1. The van der Waals surface area contributed by atoms with Gasteiger partial charge in [0.25, 0.3) is 8.32 Å². The van der Waals surface area contributed by atoms with Crippen LogP contribution in [-0.2, 0) is 14.0 Å². The summed E-state index contributed by atoms with van der Waals surface area (Å²) in [6.45, 7) is 7.53. The van der Waals surface area contributed by atoms with Crippen LogP contribution in [0.4, 0.5) is 0 Å². The number of hydrogen-bond acceptors (Lipinski definition) is 3. The van der Waals surface area contributed by atoms with Crippen molar-refractivity contribution in [3.05, 3.63) is 95.5 Å². The topological polar surface area (TPSA) is 35.5 Å².